The Morgan fingerprint density at radius 2 is 2.19 bits per heavy atom. The Morgan fingerprint density at radius 1 is 1.38 bits per heavy atom. The van der Waals surface area contributed by atoms with E-state index in [1.807, 2.05) is 24.3 Å². The normalized spacial score (nSPS) is 22.7. The predicted molar refractivity (Wildman–Crippen MR) is 66.6 cm³/mol. The van der Waals surface area contributed by atoms with E-state index >= 15 is 0 Å². The van der Waals surface area contributed by atoms with Crippen LogP contribution in [0.3, 0.4) is 0 Å². The molecule has 0 aromatic heterocycles. The first kappa shape index (κ1) is 11.3. The number of benzene rings is 1. The molecule has 0 spiro atoms. The second-order valence-electron chi connectivity index (χ2n) is 4.42. The number of nitrogen functional groups attached to an aromatic ring is 1. The summed E-state index contributed by atoms with van der Waals surface area (Å²) in [6.07, 6.45) is 3.92. The number of hydrogen-bond donors (Lipinski definition) is 2. The van der Waals surface area contributed by atoms with E-state index in [1.165, 1.54) is 19.3 Å². The van der Waals surface area contributed by atoms with Crippen molar-refractivity contribution in [2.75, 3.05) is 12.3 Å². The van der Waals surface area contributed by atoms with Crippen molar-refractivity contribution >= 4 is 5.69 Å². The van der Waals surface area contributed by atoms with Crippen LogP contribution in [-0.4, -0.2) is 18.7 Å². The van der Waals surface area contributed by atoms with Gasteiger partial charge in [-0.15, -0.1) is 0 Å². The summed E-state index contributed by atoms with van der Waals surface area (Å²) in [7, 11) is 0. The molecule has 2 rings (SSSR count). The highest BCUT2D eigenvalue weighted by Crippen LogP contribution is 2.23. The van der Waals surface area contributed by atoms with E-state index in [0.717, 1.165) is 12.3 Å². The molecule has 3 N–H and O–H groups in total. The Bertz CT molecular complexity index is 334. The number of nitrogens with two attached hydrogens (primary N) is 1. The van der Waals surface area contributed by atoms with Crippen molar-refractivity contribution in [3.8, 4) is 5.75 Å². The fraction of sp³-hybridized carbons (Fsp3) is 0.538. The summed E-state index contributed by atoms with van der Waals surface area (Å²) >= 11 is 0. The molecule has 2 atom stereocenters. The van der Waals surface area contributed by atoms with E-state index in [9.17, 15) is 0 Å². The third kappa shape index (κ3) is 2.67. The second-order valence-corrected chi connectivity index (χ2v) is 4.42. The monoisotopic (exact) mass is 220 g/mol. The van der Waals surface area contributed by atoms with E-state index in [0.29, 0.717) is 11.7 Å². The van der Waals surface area contributed by atoms with Crippen LogP contribution >= 0.6 is 0 Å². The minimum Gasteiger partial charge on any atom is -0.487 e. The topological polar surface area (TPSA) is 47.3 Å². The Hall–Kier alpha value is -1.22. The number of hydrogen-bond acceptors (Lipinski definition) is 3. The summed E-state index contributed by atoms with van der Waals surface area (Å²) in [6.45, 7) is 3.21. The number of piperidine rings is 1. The zero-order valence-corrected chi connectivity index (χ0v) is 9.78. The fourth-order valence-corrected chi connectivity index (χ4v) is 2.15. The average Bonchev–Trinajstić information content (AvgIpc) is 2.33. The number of nitrogens with one attached hydrogen (secondary N) is 1. The van der Waals surface area contributed by atoms with Crippen molar-refractivity contribution in [3.05, 3.63) is 24.3 Å². The van der Waals surface area contributed by atoms with Gasteiger partial charge in [0.1, 0.15) is 11.9 Å². The van der Waals surface area contributed by atoms with Crippen LogP contribution < -0.4 is 15.8 Å². The molecule has 0 bridgehead atoms. The third-order valence-corrected chi connectivity index (χ3v) is 3.15. The Kier molecular flexibility index (Phi) is 3.67. The molecule has 1 saturated heterocycles. The summed E-state index contributed by atoms with van der Waals surface area (Å²) in [4.78, 5) is 0. The Balaban J connectivity index is 1.96. The lowest BCUT2D eigenvalue weighted by atomic mass is 10.0. The van der Waals surface area contributed by atoms with E-state index in [1.54, 1.807) is 0 Å². The zero-order chi connectivity index (χ0) is 11.4. The molecule has 1 heterocycles. The van der Waals surface area contributed by atoms with Gasteiger partial charge in [-0.25, -0.2) is 0 Å². The van der Waals surface area contributed by atoms with Crippen LogP contribution in [0.5, 0.6) is 5.75 Å². The largest absolute Gasteiger partial charge is 0.487 e. The first-order valence-electron chi connectivity index (χ1n) is 6.02. The average molecular weight is 220 g/mol. The van der Waals surface area contributed by atoms with Gasteiger partial charge in [-0.3, -0.25) is 0 Å². The second kappa shape index (κ2) is 5.21. The summed E-state index contributed by atoms with van der Waals surface area (Å²) in [5, 5.41) is 3.49. The summed E-state index contributed by atoms with van der Waals surface area (Å²) in [6, 6.07) is 8.12. The molecule has 0 radical (unpaired) electrons. The molecular formula is C13H20N2O. The van der Waals surface area contributed by atoms with E-state index in [4.69, 9.17) is 10.5 Å². The lowest BCUT2D eigenvalue weighted by Crippen LogP contribution is -2.44. The molecule has 0 saturated carbocycles. The summed E-state index contributed by atoms with van der Waals surface area (Å²) in [5.41, 5.74) is 6.57. The molecule has 3 heteroatoms. The molecule has 1 fully saturated rings. The van der Waals surface area contributed by atoms with Crippen molar-refractivity contribution in [2.24, 2.45) is 0 Å². The fourth-order valence-electron chi connectivity index (χ4n) is 2.15. The quantitative estimate of drug-likeness (QED) is 0.767. The van der Waals surface area contributed by atoms with E-state index < -0.39 is 0 Å². The van der Waals surface area contributed by atoms with Crippen LogP contribution in [-0.2, 0) is 0 Å². The highest BCUT2D eigenvalue weighted by atomic mass is 16.5. The van der Waals surface area contributed by atoms with Gasteiger partial charge in [-0.1, -0.05) is 18.6 Å². The first-order valence-corrected chi connectivity index (χ1v) is 6.02. The van der Waals surface area contributed by atoms with Crippen molar-refractivity contribution < 1.29 is 4.74 Å². The molecule has 0 amide bonds. The standard InChI is InChI=1S/C13H20N2O/c1-10(12-7-4-5-9-15-12)16-13-8-3-2-6-11(13)14/h2-3,6,8,10,12,15H,4-5,7,9,14H2,1H3. The van der Waals surface area contributed by atoms with Crippen molar-refractivity contribution in [3.63, 3.8) is 0 Å². The minimum atomic E-state index is 0.171. The number of anilines is 1. The van der Waals surface area contributed by atoms with Crippen LogP contribution in [0.25, 0.3) is 0 Å². The maximum Gasteiger partial charge on any atom is 0.142 e. The number of para-hydroxylation sites is 2. The third-order valence-electron chi connectivity index (χ3n) is 3.15. The van der Waals surface area contributed by atoms with Gasteiger partial charge in [0.25, 0.3) is 0 Å². The summed E-state index contributed by atoms with van der Waals surface area (Å²) in [5.74, 6) is 0.794. The zero-order valence-electron chi connectivity index (χ0n) is 9.78. The Labute approximate surface area is 97.0 Å². The smallest absolute Gasteiger partial charge is 0.142 e. The van der Waals surface area contributed by atoms with Gasteiger partial charge in [-0.2, -0.15) is 0 Å². The van der Waals surface area contributed by atoms with Crippen molar-refractivity contribution in [2.45, 2.75) is 38.3 Å². The van der Waals surface area contributed by atoms with Gasteiger partial charge >= 0.3 is 0 Å². The molecule has 2 unspecified atom stereocenters. The lowest BCUT2D eigenvalue weighted by Gasteiger charge is -2.29. The van der Waals surface area contributed by atoms with Crippen LogP contribution in [0, 0.1) is 0 Å². The first-order chi connectivity index (χ1) is 7.77. The highest BCUT2D eigenvalue weighted by molar-refractivity contribution is 5.51. The lowest BCUT2D eigenvalue weighted by molar-refractivity contribution is 0.153. The molecule has 0 aliphatic carbocycles. The SMILES string of the molecule is CC(Oc1ccccc1N)C1CCCCN1. The molecule has 88 valence electrons. The van der Waals surface area contributed by atoms with Gasteiger partial charge in [-0.05, 0) is 38.4 Å². The predicted octanol–water partition coefficient (Wildman–Crippen LogP) is 2.18. The van der Waals surface area contributed by atoms with Gasteiger partial charge in [0, 0.05) is 6.04 Å². The van der Waals surface area contributed by atoms with Crippen LogP contribution in [0.15, 0.2) is 24.3 Å². The van der Waals surface area contributed by atoms with E-state index in [2.05, 4.69) is 12.2 Å². The molecule has 1 aromatic rings. The van der Waals surface area contributed by atoms with Gasteiger partial charge in [0.15, 0.2) is 0 Å². The van der Waals surface area contributed by atoms with Crippen LogP contribution in [0.1, 0.15) is 26.2 Å². The van der Waals surface area contributed by atoms with Gasteiger partial charge in [0.2, 0.25) is 0 Å². The van der Waals surface area contributed by atoms with Crippen molar-refractivity contribution in [1.82, 2.24) is 5.32 Å². The molecular weight excluding hydrogens is 200 g/mol. The molecule has 1 aliphatic rings. The maximum atomic E-state index is 5.90. The van der Waals surface area contributed by atoms with Crippen LogP contribution in [0.2, 0.25) is 0 Å². The van der Waals surface area contributed by atoms with Crippen molar-refractivity contribution in [1.29, 1.82) is 0 Å². The molecule has 1 aliphatic heterocycles. The maximum absolute atomic E-state index is 5.90. The Morgan fingerprint density at radius 3 is 2.88 bits per heavy atom. The number of rotatable bonds is 3. The number of ether oxygens (including phenoxy) is 1. The molecule has 16 heavy (non-hydrogen) atoms. The minimum absolute atomic E-state index is 0.171. The highest BCUT2D eigenvalue weighted by Gasteiger charge is 2.21. The van der Waals surface area contributed by atoms with Gasteiger partial charge in [0.05, 0.1) is 5.69 Å². The molecule has 3 nitrogen and oxygen atoms in total. The van der Waals surface area contributed by atoms with E-state index in [-0.39, 0.29) is 6.10 Å². The molecule has 1 aromatic carbocycles. The van der Waals surface area contributed by atoms with Gasteiger partial charge < -0.3 is 15.8 Å². The summed E-state index contributed by atoms with van der Waals surface area (Å²) < 4.78 is 5.90. The van der Waals surface area contributed by atoms with Crippen LogP contribution in [0.4, 0.5) is 5.69 Å².